The number of aryl methyl sites for hydroxylation is 1. The number of anilines is 1. The van der Waals surface area contributed by atoms with Crippen molar-refractivity contribution in [3.63, 3.8) is 0 Å². The molecular weight excluding hydrogens is 622 g/mol. The van der Waals surface area contributed by atoms with Gasteiger partial charge in [-0.2, -0.15) is 0 Å². The van der Waals surface area contributed by atoms with Crippen molar-refractivity contribution in [2.45, 2.75) is 50.6 Å². The van der Waals surface area contributed by atoms with Gasteiger partial charge in [-0.3, -0.25) is 13.9 Å². The molecule has 0 aliphatic carbocycles. The molecule has 0 bridgehead atoms. The smallest absolute Gasteiger partial charge is 0.264 e. The monoisotopic (exact) mass is 661 g/mol. The molecule has 0 heterocycles. The van der Waals surface area contributed by atoms with Crippen LogP contribution in [0.15, 0.2) is 108 Å². The number of halogens is 1. The van der Waals surface area contributed by atoms with Crippen molar-refractivity contribution >= 4 is 39.1 Å². The third-order valence-corrected chi connectivity index (χ3v) is 9.56. The molecule has 1 atom stereocenters. The van der Waals surface area contributed by atoms with Crippen LogP contribution in [0.25, 0.3) is 0 Å². The second-order valence-corrected chi connectivity index (χ2v) is 13.3. The van der Waals surface area contributed by atoms with Crippen LogP contribution in [-0.2, 0) is 32.6 Å². The maximum absolute atomic E-state index is 14.6. The highest BCUT2D eigenvalue weighted by molar-refractivity contribution is 7.92. The second kappa shape index (κ2) is 16.3. The van der Waals surface area contributed by atoms with E-state index in [4.69, 9.17) is 16.3 Å². The van der Waals surface area contributed by atoms with Crippen LogP contribution in [0, 0.1) is 6.92 Å². The predicted octanol–water partition coefficient (Wildman–Crippen LogP) is 6.41. The van der Waals surface area contributed by atoms with E-state index in [2.05, 4.69) is 5.32 Å². The Bertz CT molecular complexity index is 1720. The summed E-state index contributed by atoms with van der Waals surface area (Å²) >= 11 is 6.35. The first-order valence-electron chi connectivity index (χ1n) is 15.2. The molecule has 4 aromatic rings. The number of rotatable bonds is 15. The molecule has 0 unspecified atom stereocenters. The molecule has 4 aromatic carbocycles. The van der Waals surface area contributed by atoms with E-state index in [9.17, 15) is 18.0 Å². The van der Waals surface area contributed by atoms with Crippen LogP contribution in [0.3, 0.4) is 0 Å². The number of ether oxygens (including phenoxy) is 1. The van der Waals surface area contributed by atoms with Crippen molar-refractivity contribution in [1.82, 2.24) is 10.2 Å². The maximum Gasteiger partial charge on any atom is 0.264 e. The molecule has 2 amide bonds. The number of carbonyl (C=O) groups is 2. The minimum Gasteiger partial charge on any atom is -0.495 e. The van der Waals surface area contributed by atoms with Crippen LogP contribution in [0.2, 0.25) is 5.02 Å². The number of unbranched alkanes of at least 4 members (excludes halogenated alkanes) is 1. The van der Waals surface area contributed by atoms with E-state index < -0.39 is 28.5 Å². The fourth-order valence-electron chi connectivity index (χ4n) is 5.16. The van der Waals surface area contributed by atoms with Gasteiger partial charge in [0, 0.05) is 24.5 Å². The Hall–Kier alpha value is -4.34. The molecule has 0 spiro atoms. The zero-order valence-electron chi connectivity index (χ0n) is 26.4. The molecule has 0 saturated heterocycles. The van der Waals surface area contributed by atoms with Crippen molar-refractivity contribution < 1.29 is 22.7 Å². The third kappa shape index (κ3) is 8.89. The highest BCUT2D eigenvalue weighted by Crippen LogP contribution is 2.35. The Morgan fingerprint density at radius 3 is 2.22 bits per heavy atom. The fourth-order valence-corrected chi connectivity index (χ4v) is 6.76. The molecule has 0 aliphatic heterocycles. The van der Waals surface area contributed by atoms with Crippen molar-refractivity contribution in [1.29, 1.82) is 0 Å². The summed E-state index contributed by atoms with van der Waals surface area (Å²) in [5, 5.41) is 3.27. The van der Waals surface area contributed by atoms with Crippen molar-refractivity contribution in [3.05, 3.63) is 125 Å². The van der Waals surface area contributed by atoms with Gasteiger partial charge in [0.05, 0.1) is 17.7 Å². The summed E-state index contributed by atoms with van der Waals surface area (Å²) in [5.41, 5.74) is 2.78. The molecule has 0 fully saturated rings. The summed E-state index contributed by atoms with van der Waals surface area (Å²) in [6.07, 6.45) is 1.92. The molecule has 0 radical (unpaired) electrons. The van der Waals surface area contributed by atoms with Crippen LogP contribution in [0.5, 0.6) is 5.75 Å². The molecule has 8 nitrogen and oxygen atoms in total. The molecule has 10 heteroatoms. The molecule has 0 aliphatic rings. The average molecular weight is 662 g/mol. The summed E-state index contributed by atoms with van der Waals surface area (Å²) in [6, 6.07) is 28.7. The minimum absolute atomic E-state index is 0.00629. The van der Waals surface area contributed by atoms with E-state index in [1.54, 1.807) is 30.3 Å². The van der Waals surface area contributed by atoms with Crippen LogP contribution in [0.1, 0.15) is 36.5 Å². The minimum atomic E-state index is -4.29. The summed E-state index contributed by atoms with van der Waals surface area (Å²) < 4.78 is 35.0. The molecule has 0 saturated carbocycles. The SMILES string of the molecule is CCCCNC(=O)[C@H](Cc1ccccc1)N(Cc1cccc(C)c1)C(=O)CN(c1cc(Cl)ccc1OC)S(=O)(=O)c1ccccc1. The average Bonchev–Trinajstić information content (AvgIpc) is 3.06. The number of nitrogens with one attached hydrogen (secondary N) is 1. The van der Waals surface area contributed by atoms with Gasteiger partial charge >= 0.3 is 0 Å². The van der Waals surface area contributed by atoms with Crippen LogP contribution >= 0.6 is 11.6 Å². The van der Waals surface area contributed by atoms with Gasteiger partial charge in [-0.1, -0.05) is 103 Å². The van der Waals surface area contributed by atoms with E-state index in [1.165, 1.54) is 30.2 Å². The lowest BCUT2D eigenvalue weighted by Crippen LogP contribution is -2.53. The van der Waals surface area contributed by atoms with Crippen molar-refractivity contribution in [2.75, 3.05) is 24.5 Å². The summed E-state index contributed by atoms with van der Waals surface area (Å²) in [5.74, 6) is -0.647. The summed E-state index contributed by atoms with van der Waals surface area (Å²) in [4.78, 5) is 30.0. The standard InChI is InChI=1S/C36H40ClN3O5S/c1-4-5-21-38-36(42)33(23-28-14-8-6-9-15-28)39(25-29-16-12-13-27(2)22-29)35(41)26-40(32-24-30(37)19-20-34(32)45-3)46(43,44)31-17-10-7-11-18-31/h6-20,22,24,33H,4-5,21,23,25-26H2,1-3H3,(H,38,42)/t33-/m0/s1. The lowest BCUT2D eigenvalue weighted by Gasteiger charge is -2.34. The number of carbonyl (C=O) groups excluding carboxylic acids is 2. The topological polar surface area (TPSA) is 96.0 Å². The van der Waals surface area contributed by atoms with E-state index >= 15 is 0 Å². The summed E-state index contributed by atoms with van der Waals surface area (Å²) in [6.45, 7) is 3.93. The van der Waals surface area contributed by atoms with Crippen molar-refractivity contribution in [3.8, 4) is 5.75 Å². The lowest BCUT2D eigenvalue weighted by atomic mass is 10.0. The maximum atomic E-state index is 14.6. The number of hydrogen-bond acceptors (Lipinski definition) is 5. The first kappa shape index (κ1) is 34.5. The Labute approximate surface area is 277 Å². The van der Waals surface area contributed by atoms with Gasteiger partial charge in [-0.05, 0) is 54.8 Å². The zero-order chi connectivity index (χ0) is 33.1. The van der Waals surface area contributed by atoms with E-state index in [0.717, 1.165) is 33.8 Å². The van der Waals surface area contributed by atoms with Gasteiger partial charge in [0.1, 0.15) is 18.3 Å². The van der Waals surface area contributed by atoms with E-state index in [1.807, 2.05) is 68.4 Å². The highest BCUT2D eigenvalue weighted by atomic mass is 35.5. The third-order valence-electron chi connectivity index (χ3n) is 7.56. The Balaban J connectivity index is 1.83. The predicted molar refractivity (Wildman–Crippen MR) is 183 cm³/mol. The molecule has 0 aromatic heterocycles. The Kier molecular flexibility index (Phi) is 12.2. The molecule has 1 N–H and O–H groups in total. The Morgan fingerprint density at radius 1 is 0.891 bits per heavy atom. The van der Waals surface area contributed by atoms with Gasteiger partial charge in [0.25, 0.3) is 10.0 Å². The van der Waals surface area contributed by atoms with Gasteiger partial charge in [-0.15, -0.1) is 0 Å². The number of hydrogen-bond donors (Lipinski definition) is 1. The number of amides is 2. The van der Waals surface area contributed by atoms with Crippen LogP contribution in [-0.4, -0.2) is 51.4 Å². The number of methoxy groups -OCH3 is 1. The van der Waals surface area contributed by atoms with Gasteiger partial charge in [0.2, 0.25) is 11.8 Å². The molecule has 4 rings (SSSR count). The highest BCUT2D eigenvalue weighted by Gasteiger charge is 2.35. The lowest BCUT2D eigenvalue weighted by molar-refractivity contribution is -0.140. The van der Waals surface area contributed by atoms with Gasteiger partial charge in [-0.25, -0.2) is 8.42 Å². The van der Waals surface area contributed by atoms with Gasteiger partial charge in [0.15, 0.2) is 0 Å². The molecule has 242 valence electrons. The molecule has 46 heavy (non-hydrogen) atoms. The van der Waals surface area contributed by atoms with E-state index in [0.29, 0.717) is 6.54 Å². The fraction of sp³-hybridized carbons (Fsp3) is 0.278. The quantitative estimate of drug-likeness (QED) is 0.149. The number of benzene rings is 4. The Morgan fingerprint density at radius 2 is 1.57 bits per heavy atom. The summed E-state index contributed by atoms with van der Waals surface area (Å²) in [7, 11) is -2.87. The largest absolute Gasteiger partial charge is 0.495 e. The normalized spacial score (nSPS) is 11.8. The van der Waals surface area contributed by atoms with Crippen LogP contribution in [0.4, 0.5) is 5.69 Å². The number of sulfonamides is 1. The van der Waals surface area contributed by atoms with E-state index in [-0.39, 0.29) is 40.2 Å². The van der Waals surface area contributed by atoms with Crippen LogP contribution < -0.4 is 14.4 Å². The second-order valence-electron chi connectivity index (χ2n) is 11.0. The number of nitrogens with zero attached hydrogens (tertiary/aromatic N) is 2. The zero-order valence-corrected chi connectivity index (χ0v) is 27.9. The van der Waals surface area contributed by atoms with Crippen molar-refractivity contribution in [2.24, 2.45) is 0 Å². The first-order valence-corrected chi connectivity index (χ1v) is 17.0. The molecular formula is C36H40ClN3O5S. The van der Waals surface area contributed by atoms with Gasteiger partial charge < -0.3 is 15.0 Å². The first-order chi connectivity index (χ1) is 22.1.